The molecule has 0 aliphatic rings. The first-order valence-electron chi connectivity index (χ1n) is 8.57. The van der Waals surface area contributed by atoms with Crippen molar-refractivity contribution in [1.29, 1.82) is 0 Å². The highest BCUT2D eigenvalue weighted by molar-refractivity contribution is 7.13. The zero-order valence-corrected chi connectivity index (χ0v) is 17.2. The molecule has 0 bridgehead atoms. The minimum Gasteiger partial charge on any atom is -0.493 e. The first kappa shape index (κ1) is 18.9. The van der Waals surface area contributed by atoms with Gasteiger partial charge in [0.2, 0.25) is 0 Å². The van der Waals surface area contributed by atoms with Crippen LogP contribution in [-0.2, 0) is 13.1 Å². The molecule has 2 aromatic heterocycles. The predicted molar refractivity (Wildman–Crippen MR) is 109 cm³/mol. The Labute approximate surface area is 163 Å². The van der Waals surface area contributed by atoms with Crippen molar-refractivity contribution in [2.24, 2.45) is 0 Å². The summed E-state index contributed by atoms with van der Waals surface area (Å²) in [6.07, 6.45) is 0. The largest absolute Gasteiger partial charge is 0.493 e. The summed E-state index contributed by atoms with van der Waals surface area (Å²) in [6.45, 7) is 6.54. The van der Waals surface area contributed by atoms with Gasteiger partial charge in [-0.2, -0.15) is 0 Å². The van der Waals surface area contributed by atoms with E-state index in [0.29, 0.717) is 6.61 Å². The lowest BCUT2D eigenvalue weighted by Gasteiger charge is -2.14. The summed E-state index contributed by atoms with van der Waals surface area (Å²) in [5.41, 5.74) is 3.51. The molecule has 3 aromatic rings. The van der Waals surface area contributed by atoms with E-state index in [0.717, 1.165) is 40.9 Å². The molecule has 0 saturated carbocycles. The summed E-state index contributed by atoms with van der Waals surface area (Å²) >= 11 is 3.48. The molecule has 138 valence electrons. The van der Waals surface area contributed by atoms with Gasteiger partial charge >= 0.3 is 0 Å². The van der Waals surface area contributed by atoms with Crippen LogP contribution in [0.1, 0.15) is 23.1 Å². The quantitative estimate of drug-likeness (QED) is 0.530. The SMILES string of the molecule is CCOc1ccc(-c2nc(CN(C)Cc3sccc3C)cs2)cc1OC. The van der Waals surface area contributed by atoms with Crippen LogP contribution in [0.3, 0.4) is 0 Å². The normalized spacial score (nSPS) is 11.1. The van der Waals surface area contributed by atoms with Crippen molar-refractivity contribution in [2.75, 3.05) is 20.8 Å². The molecule has 0 amide bonds. The number of aromatic nitrogens is 1. The maximum Gasteiger partial charge on any atom is 0.161 e. The van der Waals surface area contributed by atoms with E-state index in [1.807, 2.05) is 36.5 Å². The van der Waals surface area contributed by atoms with E-state index in [1.165, 1.54) is 10.4 Å². The van der Waals surface area contributed by atoms with Crippen LogP contribution in [0.5, 0.6) is 11.5 Å². The van der Waals surface area contributed by atoms with Crippen molar-refractivity contribution < 1.29 is 9.47 Å². The first-order valence-corrected chi connectivity index (χ1v) is 10.3. The third-order valence-corrected chi connectivity index (χ3v) is 6.02. The Morgan fingerprint density at radius 1 is 1.12 bits per heavy atom. The summed E-state index contributed by atoms with van der Waals surface area (Å²) in [5.74, 6) is 1.51. The van der Waals surface area contributed by atoms with Gasteiger partial charge in [0.15, 0.2) is 11.5 Å². The number of methoxy groups -OCH3 is 1. The number of benzene rings is 1. The highest BCUT2D eigenvalue weighted by atomic mass is 32.1. The van der Waals surface area contributed by atoms with Gasteiger partial charge in [0.05, 0.1) is 19.4 Å². The van der Waals surface area contributed by atoms with Crippen molar-refractivity contribution >= 4 is 22.7 Å². The summed E-state index contributed by atoms with van der Waals surface area (Å²) in [7, 11) is 3.80. The second-order valence-corrected chi connectivity index (χ2v) is 8.00. The van der Waals surface area contributed by atoms with Gasteiger partial charge in [0.1, 0.15) is 5.01 Å². The van der Waals surface area contributed by atoms with Gasteiger partial charge in [-0.05, 0) is 56.1 Å². The molecule has 0 fully saturated rings. The Kier molecular flexibility index (Phi) is 6.29. The van der Waals surface area contributed by atoms with Crippen LogP contribution in [0.25, 0.3) is 10.6 Å². The number of hydrogen-bond donors (Lipinski definition) is 0. The van der Waals surface area contributed by atoms with Gasteiger partial charge in [-0.25, -0.2) is 4.98 Å². The lowest BCUT2D eigenvalue weighted by Crippen LogP contribution is -2.17. The van der Waals surface area contributed by atoms with E-state index in [4.69, 9.17) is 14.5 Å². The molecule has 26 heavy (non-hydrogen) atoms. The van der Waals surface area contributed by atoms with E-state index >= 15 is 0 Å². The minimum absolute atomic E-state index is 0.618. The van der Waals surface area contributed by atoms with Crippen molar-refractivity contribution in [2.45, 2.75) is 26.9 Å². The Morgan fingerprint density at radius 3 is 2.65 bits per heavy atom. The number of hydrogen-bond acceptors (Lipinski definition) is 6. The summed E-state index contributed by atoms with van der Waals surface area (Å²) < 4.78 is 11.0. The summed E-state index contributed by atoms with van der Waals surface area (Å²) in [4.78, 5) is 8.53. The topological polar surface area (TPSA) is 34.6 Å². The summed E-state index contributed by atoms with van der Waals surface area (Å²) in [6, 6.07) is 8.15. The average Bonchev–Trinajstić information content (AvgIpc) is 3.25. The van der Waals surface area contributed by atoms with Crippen LogP contribution in [0.2, 0.25) is 0 Å². The molecule has 2 heterocycles. The zero-order chi connectivity index (χ0) is 18.5. The molecule has 0 radical (unpaired) electrons. The van der Waals surface area contributed by atoms with Gasteiger partial charge in [-0.1, -0.05) is 0 Å². The van der Waals surface area contributed by atoms with Crippen molar-refractivity contribution in [1.82, 2.24) is 9.88 Å². The fourth-order valence-electron chi connectivity index (χ4n) is 2.73. The molecule has 1 aromatic carbocycles. The number of thiazole rings is 1. The Bertz CT molecular complexity index is 857. The summed E-state index contributed by atoms with van der Waals surface area (Å²) in [5, 5.41) is 5.29. The fourth-order valence-corrected chi connectivity index (χ4v) is 4.52. The van der Waals surface area contributed by atoms with E-state index in [1.54, 1.807) is 18.4 Å². The van der Waals surface area contributed by atoms with E-state index < -0.39 is 0 Å². The van der Waals surface area contributed by atoms with Gasteiger partial charge in [0, 0.05) is 28.9 Å². The number of thiophene rings is 1. The second kappa shape index (κ2) is 8.66. The molecule has 0 aliphatic carbocycles. The third kappa shape index (κ3) is 4.44. The van der Waals surface area contributed by atoms with Crippen LogP contribution in [0, 0.1) is 6.92 Å². The standard InChI is InChI=1S/C20H24N2O2S2/c1-5-24-17-7-6-15(10-18(17)23-4)20-21-16(13-26-20)11-22(3)12-19-14(2)8-9-25-19/h6-10,13H,5,11-12H2,1-4H3. The number of aryl methyl sites for hydroxylation is 1. The maximum absolute atomic E-state index is 5.59. The van der Waals surface area contributed by atoms with Crippen LogP contribution in [0.15, 0.2) is 35.0 Å². The maximum atomic E-state index is 5.59. The van der Waals surface area contributed by atoms with E-state index in [2.05, 4.69) is 35.7 Å². The van der Waals surface area contributed by atoms with Gasteiger partial charge in [-0.3, -0.25) is 4.90 Å². The molecule has 0 atom stereocenters. The molecule has 0 saturated heterocycles. The van der Waals surface area contributed by atoms with Gasteiger partial charge in [-0.15, -0.1) is 22.7 Å². The van der Waals surface area contributed by atoms with E-state index in [9.17, 15) is 0 Å². The van der Waals surface area contributed by atoms with Gasteiger partial charge < -0.3 is 9.47 Å². The molecule has 0 unspecified atom stereocenters. The first-order chi connectivity index (χ1) is 12.6. The monoisotopic (exact) mass is 388 g/mol. The molecule has 0 N–H and O–H groups in total. The third-order valence-electron chi connectivity index (χ3n) is 4.08. The highest BCUT2D eigenvalue weighted by Gasteiger charge is 2.12. The lowest BCUT2D eigenvalue weighted by atomic mass is 10.2. The molecular weight excluding hydrogens is 364 g/mol. The number of ether oxygens (including phenoxy) is 2. The Balaban J connectivity index is 1.70. The van der Waals surface area contributed by atoms with Crippen molar-refractivity contribution in [3.8, 4) is 22.1 Å². The average molecular weight is 389 g/mol. The lowest BCUT2D eigenvalue weighted by molar-refractivity contribution is 0.311. The Hall–Kier alpha value is -1.89. The molecule has 3 rings (SSSR count). The minimum atomic E-state index is 0.618. The fraction of sp³-hybridized carbons (Fsp3) is 0.350. The van der Waals surface area contributed by atoms with Gasteiger partial charge in [0.25, 0.3) is 0 Å². The molecule has 6 heteroatoms. The predicted octanol–water partition coefficient (Wildman–Crippen LogP) is 5.22. The number of nitrogens with zero attached hydrogens (tertiary/aromatic N) is 2. The number of rotatable bonds is 8. The van der Waals surface area contributed by atoms with Crippen molar-refractivity contribution in [3.63, 3.8) is 0 Å². The highest BCUT2D eigenvalue weighted by Crippen LogP contribution is 2.34. The molecule has 0 aliphatic heterocycles. The second-order valence-electron chi connectivity index (χ2n) is 6.14. The smallest absolute Gasteiger partial charge is 0.161 e. The molecule has 0 spiro atoms. The van der Waals surface area contributed by atoms with Crippen LogP contribution < -0.4 is 9.47 Å². The van der Waals surface area contributed by atoms with Crippen LogP contribution in [-0.4, -0.2) is 30.6 Å². The van der Waals surface area contributed by atoms with Crippen LogP contribution in [0.4, 0.5) is 0 Å². The molecule has 4 nitrogen and oxygen atoms in total. The molecular formula is C20H24N2O2S2. The van der Waals surface area contributed by atoms with Crippen molar-refractivity contribution in [3.05, 3.63) is 51.2 Å². The zero-order valence-electron chi connectivity index (χ0n) is 15.6. The Morgan fingerprint density at radius 2 is 1.96 bits per heavy atom. The van der Waals surface area contributed by atoms with Crippen LogP contribution >= 0.6 is 22.7 Å². The van der Waals surface area contributed by atoms with E-state index in [-0.39, 0.29) is 0 Å².